The fourth-order valence-corrected chi connectivity index (χ4v) is 2.19. The largest absolute Gasteiger partial charge is 0.399 e. The van der Waals surface area contributed by atoms with Gasteiger partial charge in [0.25, 0.3) is 0 Å². The molecule has 1 aromatic carbocycles. The van der Waals surface area contributed by atoms with Crippen LogP contribution in [0.15, 0.2) is 18.2 Å². The maximum atomic E-state index is 11.9. The van der Waals surface area contributed by atoms with E-state index in [1.54, 1.807) is 6.07 Å². The molecule has 1 aromatic rings. The summed E-state index contributed by atoms with van der Waals surface area (Å²) in [4.78, 5) is 14.0. The number of hydrogen-bond acceptors (Lipinski definition) is 4. The average Bonchev–Trinajstić information content (AvgIpc) is 2.37. The maximum absolute atomic E-state index is 11.9. The average molecular weight is 281 g/mol. The number of nitrogens with two attached hydrogens (primary N) is 1. The Morgan fingerprint density at radius 2 is 2.16 bits per heavy atom. The lowest BCUT2D eigenvalue weighted by Gasteiger charge is -2.16. The Bertz CT molecular complexity index is 423. The van der Waals surface area contributed by atoms with Gasteiger partial charge in [0, 0.05) is 36.6 Å². The van der Waals surface area contributed by atoms with Gasteiger partial charge in [-0.1, -0.05) is 0 Å². The van der Waals surface area contributed by atoms with Crippen LogP contribution in [0.5, 0.6) is 0 Å². The van der Waals surface area contributed by atoms with Gasteiger partial charge in [0.1, 0.15) is 0 Å². The molecule has 3 N–H and O–H groups in total. The van der Waals surface area contributed by atoms with Crippen LogP contribution < -0.4 is 11.1 Å². The van der Waals surface area contributed by atoms with Crippen LogP contribution in [0.2, 0.25) is 0 Å². The molecule has 0 aromatic heterocycles. The molecule has 0 heterocycles. The molecule has 0 aliphatic carbocycles. The second kappa shape index (κ2) is 8.07. The summed E-state index contributed by atoms with van der Waals surface area (Å²) in [5, 5.41) is 2.92. The first-order chi connectivity index (χ1) is 9.02. The summed E-state index contributed by atoms with van der Waals surface area (Å²) in [5.74, 6) is 1.14. The second-order valence-corrected chi connectivity index (χ2v) is 5.65. The smallest absolute Gasteiger partial charge is 0.225 e. The van der Waals surface area contributed by atoms with Crippen molar-refractivity contribution in [1.82, 2.24) is 4.90 Å². The zero-order valence-electron chi connectivity index (χ0n) is 11.9. The zero-order valence-corrected chi connectivity index (χ0v) is 12.7. The van der Waals surface area contributed by atoms with E-state index in [0.29, 0.717) is 12.1 Å². The molecule has 0 bridgehead atoms. The van der Waals surface area contributed by atoms with E-state index >= 15 is 0 Å². The van der Waals surface area contributed by atoms with Crippen molar-refractivity contribution in [2.45, 2.75) is 13.3 Å². The van der Waals surface area contributed by atoms with Gasteiger partial charge in [-0.25, -0.2) is 0 Å². The standard InChI is InChI=1S/C14H23N3OS/c1-11-10-12(15)4-5-13(11)16-14(18)6-7-17(2)8-9-19-3/h4-5,10H,6-9,15H2,1-3H3,(H,16,18). The molecule has 106 valence electrons. The van der Waals surface area contributed by atoms with Crippen LogP contribution in [0.4, 0.5) is 11.4 Å². The lowest BCUT2D eigenvalue weighted by molar-refractivity contribution is -0.116. The lowest BCUT2D eigenvalue weighted by atomic mass is 10.2. The number of nitrogens with one attached hydrogen (secondary N) is 1. The van der Waals surface area contributed by atoms with Gasteiger partial charge in [0.2, 0.25) is 5.91 Å². The van der Waals surface area contributed by atoms with E-state index in [1.165, 1.54) is 0 Å². The lowest BCUT2D eigenvalue weighted by Crippen LogP contribution is -2.26. The quantitative estimate of drug-likeness (QED) is 0.752. The zero-order chi connectivity index (χ0) is 14.3. The van der Waals surface area contributed by atoms with Crippen molar-refractivity contribution in [3.8, 4) is 0 Å². The summed E-state index contributed by atoms with van der Waals surface area (Å²) >= 11 is 1.82. The monoisotopic (exact) mass is 281 g/mol. The molecule has 0 saturated carbocycles. The van der Waals surface area contributed by atoms with Gasteiger partial charge < -0.3 is 16.0 Å². The van der Waals surface area contributed by atoms with Gasteiger partial charge in [0.05, 0.1) is 0 Å². The SMILES string of the molecule is CSCCN(C)CCC(=O)Nc1ccc(N)cc1C. The number of benzene rings is 1. The molecule has 0 aliphatic rings. The Balaban J connectivity index is 2.38. The number of rotatable bonds is 7. The van der Waals surface area contributed by atoms with E-state index < -0.39 is 0 Å². The van der Waals surface area contributed by atoms with Gasteiger partial charge >= 0.3 is 0 Å². The van der Waals surface area contributed by atoms with E-state index in [4.69, 9.17) is 5.73 Å². The second-order valence-electron chi connectivity index (χ2n) is 4.67. The molecule has 0 fully saturated rings. The highest BCUT2D eigenvalue weighted by Crippen LogP contribution is 2.17. The van der Waals surface area contributed by atoms with Crippen molar-refractivity contribution in [1.29, 1.82) is 0 Å². The number of hydrogen-bond donors (Lipinski definition) is 2. The number of carbonyl (C=O) groups is 1. The van der Waals surface area contributed by atoms with Gasteiger partial charge in [-0.2, -0.15) is 11.8 Å². The van der Waals surface area contributed by atoms with Crippen LogP contribution in [0, 0.1) is 6.92 Å². The van der Waals surface area contributed by atoms with Gasteiger partial charge in [0.15, 0.2) is 0 Å². The van der Waals surface area contributed by atoms with Crippen LogP contribution in [-0.4, -0.2) is 43.0 Å². The highest BCUT2D eigenvalue weighted by Gasteiger charge is 2.06. The van der Waals surface area contributed by atoms with Crippen LogP contribution >= 0.6 is 11.8 Å². The Morgan fingerprint density at radius 3 is 2.79 bits per heavy atom. The Morgan fingerprint density at radius 1 is 1.42 bits per heavy atom. The van der Waals surface area contributed by atoms with Crippen molar-refractivity contribution in [3.05, 3.63) is 23.8 Å². The highest BCUT2D eigenvalue weighted by atomic mass is 32.2. The molecule has 0 spiro atoms. The molecule has 19 heavy (non-hydrogen) atoms. The molecular weight excluding hydrogens is 258 g/mol. The van der Waals surface area contributed by atoms with Crippen molar-refractivity contribution in [3.63, 3.8) is 0 Å². The number of nitrogen functional groups attached to an aromatic ring is 1. The highest BCUT2D eigenvalue weighted by molar-refractivity contribution is 7.98. The molecule has 1 rings (SSSR count). The molecular formula is C14H23N3OS. The number of anilines is 2. The van der Waals surface area contributed by atoms with E-state index in [2.05, 4.69) is 16.5 Å². The third-order valence-electron chi connectivity index (χ3n) is 2.92. The Kier molecular flexibility index (Phi) is 6.73. The minimum absolute atomic E-state index is 0.0453. The summed E-state index contributed by atoms with van der Waals surface area (Å²) < 4.78 is 0. The van der Waals surface area contributed by atoms with E-state index in [0.717, 1.165) is 30.1 Å². The summed E-state index contributed by atoms with van der Waals surface area (Å²) in [6.07, 6.45) is 2.60. The summed E-state index contributed by atoms with van der Waals surface area (Å²) in [5.41, 5.74) is 8.23. The van der Waals surface area contributed by atoms with E-state index in [-0.39, 0.29) is 5.91 Å². The summed E-state index contributed by atoms with van der Waals surface area (Å²) in [7, 11) is 2.04. The van der Waals surface area contributed by atoms with E-state index in [9.17, 15) is 4.79 Å². The number of aryl methyl sites for hydroxylation is 1. The summed E-state index contributed by atoms with van der Waals surface area (Å²) in [6.45, 7) is 3.73. The summed E-state index contributed by atoms with van der Waals surface area (Å²) in [6, 6.07) is 5.51. The molecule has 0 saturated heterocycles. The third-order valence-corrected chi connectivity index (χ3v) is 3.51. The van der Waals surface area contributed by atoms with Crippen molar-refractivity contribution in [2.24, 2.45) is 0 Å². The Labute approximate surface area is 119 Å². The fourth-order valence-electron chi connectivity index (χ4n) is 1.69. The van der Waals surface area contributed by atoms with Crippen molar-refractivity contribution in [2.75, 3.05) is 43.2 Å². The first-order valence-corrected chi connectivity index (χ1v) is 7.75. The van der Waals surface area contributed by atoms with Crippen LogP contribution in [0.25, 0.3) is 0 Å². The number of nitrogens with zero attached hydrogens (tertiary/aromatic N) is 1. The predicted octanol–water partition coefficient (Wildman–Crippen LogP) is 2.20. The van der Waals surface area contributed by atoms with Gasteiger partial charge in [-0.15, -0.1) is 0 Å². The minimum Gasteiger partial charge on any atom is -0.399 e. The van der Waals surface area contributed by atoms with Crippen LogP contribution in [-0.2, 0) is 4.79 Å². The molecule has 0 unspecified atom stereocenters. The molecule has 4 nitrogen and oxygen atoms in total. The number of amides is 1. The minimum atomic E-state index is 0.0453. The molecule has 1 amide bonds. The van der Waals surface area contributed by atoms with Gasteiger partial charge in [-0.3, -0.25) is 4.79 Å². The molecule has 0 atom stereocenters. The van der Waals surface area contributed by atoms with Crippen molar-refractivity contribution < 1.29 is 4.79 Å². The Hall–Kier alpha value is -1.20. The first-order valence-electron chi connectivity index (χ1n) is 6.36. The normalized spacial score (nSPS) is 10.7. The topological polar surface area (TPSA) is 58.4 Å². The van der Waals surface area contributed by atoms with Crippen LogP contribution in [0.3, 0.4) is 0 Å². The van der Waals surface area contributed by atoms with E-state index in [1.807, 2.05) is 37.9 Å². The third kappa shape index (κ3) is 5.98. The number of thioether (sulfide) groups is 1. The first kappa shape index (κ1) is 15.9. The number of carbonyl (C=O) groups excluding carboxylic acids is 1. The van der Waals surface area contributed by atoms with Crippen LogP contribution in [0.1, 0.15) is 12.0 Å². The van der Waals surface area contributed by atoms with Crippen molar-refractivity contribution >= 4 is 29.0 Å². The molecule has 0 aliphatic heterocycles. The van der Waals surface area contributed by atoms with Gasteiger partial charge in [-0.05, 0) is 44.0 Å². The maximum Gasteiger partial charge on any atom is 0.225 e. The predicted molar refractivity (Wildman–Crippen MR) is 84.7 cm³/mol. The molecule has 0 radical (unpaired) electrons. The molecule has 5 heteroatoms. The fraction of sp³-hybridized carbons (Fsp3) is 0.500.